The number of nitrogens with one attached hydrogen (secondary N) is 3. The summed E-state index contributed by atoms with van der Waals surface area (Å²) in [5.74, 6) is 2.84. The van der Waals surface area contributed by atoms with Crippen LogP contribution in [0.25, 0.3) is 11.6 Å². The summed E-state index contributed by atoms with van der Waals surface area (Å²) in [4.78, 5) is 11.2. The molecule has 0 aliphatic carbocycles. The van der Waals surface area contributed by atoms with Crippen LogP contribution in [0.3, 0.4) is 0 Å². The Balaban J connectivity index is 0.00000256. The van der Waals surface area contributed by atoms with E-state index in [2.05, 4.69) is 47.0 Å². The average molecular weight is 525 g/mol. The number of piperidine rings is 1. The lowest BCUT2D eigenvalue weighted by Crippen LogP contribution is -2.51. The maximum atomic E-state index is 5.32. The van der Waals surface area contributed by atoms with Gasteiger partial charge in [-0.05, 0) is 25.0 Å². The first-order chi connectivity index (χ1) is 14.2. The minimum atomic E-state index is 0. The number of furan rings is 1. The average Bonchev–Trinajstić information content (AvgIpc) is 3.49. The second-order valence-corrected chi connectivity index (χ2v) is 7.13. The Bertz CT molecular complexity index is 934. The molecule has 3 aromatic rings. The van der Waals surface area contributed by atoms with Crippen LogP contribution >= 0.6 is 24.0 Å². The van der Waals surface area contributed by atoms with Crippen molar-refractivity contribution in [3.05, 3.63) is 36.6 Å². The van der Waals surface area contributed by atoms with E-state index in [0.717, 1.165) is 37.7 Å². The maximum Gasteiger partial charge on any atom is 0.216 e. The number of aromatic nitrogens is 5. The number of H-pyrrole nitrogens is 1. The Labute approximate surface area is 192 Å². The summed E-state index contributed by atoms with van der Waals surface area (Å²) in [7, 11) is 3.74. The van der Waals surface area contributed by atoms with E-state index < -0.39 is 0 Å². The van der Waals surface area contributed by atoms with Crippen molar-refractivity contribution in [2.24, 2.45) is 12.0 Å². The molecule has 3 N–H and O–H groups in total. The number of rotatable bonds is 6. The maximum absolute atomic E-state index is 5.32. The van der Waals surface area contributed by atoms with E-state index in [9.17, 15) is 0 Å². The van der Waals surface area contributed by atoms with Crippen LogP contribution in [0.4, 0.5) is 5.69 Å². The van der Waals surface area contributed by atoms with Gasteiger partial charge in [-0.3, -0.25) is 14.8 Å². The van der Waals surface area contributed by atoms with Crippen molar-refractivity contribution in [1.29, 1.82) is 0 Å². The SMILES string of the molecule is CN=C(NCCc1nc(-c2ccco2)n[nH]1)NC1CCCN(c2cnn(C)c2)C1.I. The van der Waals surface area contributed by atoms with Crippen LogP contribution in [-0.2, 0) is 13.5 Å². The molecule has 3 aromatic heterocycles. The standard InChI is InChI=1S/C19H27N9O.HI/c1-20-19(21-8-7-17-24-18(26-25-17)16-6-4-10-29-16)23-14-5-3-9-28(12-14)15-11-22-27(2)13-15;/h4,6,10-11,13-14H,3,5,7-9,12H2,1-2H3,(H2,20,21,23)(H,24,25,26);1H. The molecule has 1 aliphatic heterocycles. The molecule has 1 fully saturated rings. The van der Waals surface area contributed by atoms with Crippen LogP contribution in [0.2, 0.25) is 0 Å². The lowest BCUT2D eigenvalue weighted by atomic mass is 10.1. The third-order valence-electron chi connectivity index (χ3n) is 4.97. The molecule has 4 rings (SSSR count). The Morgan fingerprint density at radius 2 is 2.33 bits per heavy atom. The molecule has 30 heavy (non-hydrogen) atoms. The Hall–Kier alpha value is -2.57. The molecule has 1 atom stereocenters. The van der Waals surface area contributed by atoms with E-state index >= 15 is 0 Å². The van der Waals surface area contributed by atoms with Crippen molar-refractivity contribution >= 4 is 35.6 Å². The van der Waals surface area contributed by atoms with E-state index in [0.29, 0.717) is 30.6 Å². The molecule has 0 bridgehead atoms. The highest BCUT2D eigenvalue weighted by Gasteiger charge is 2.21. The van der Waals surface area contributed by atoms with Gasteiger partial charge in [0.15, 0.2) is 11.7 Å². The lowest BCUT2D eigenvalue weighted by Gasteiger charge is -2.34. The summed E-state index contributed by atoms with van der Waals surface area (Å²) >= 11 is 0. The summed E-state index contributed by atoms with van der Waals surface area (Å²) in [5, 5.41) is 18.3. The number of aromatic amines is 1. The van der Waals surface area contributed by atoms with Crippen molar-refractivity contribution in [1.82, 2.24) is 35.6 Å². The van der Waals surface area contributed by atoms with E-state index in [1.807, 2.05) is 30.1 Å². The summed E-state index contributed by atoms with van der Waals surface area (Å²) in [5.41, 5.74) is 1.17. The number of aliphatic imine (C=N–C) groups is 1. The first-order valence-electron chi connectivity index (χ1n) is 9.87. The smallest absolute Gasteiger partial charge is 0.216 e. The molecule has 0 saturated carbocycles. The van der Waals surface area contributed by atoms with Crippen LogP contribution in [-0.4, -0.2) is 63.6 Å². The first-order valence-corrected chi connectivity index (χ1v) is 9.87. The normalized spacial score (nSPS) is 16.9. The highest BCUT2D eigenvalue weighted by molar-refractivity contribution is 14.0. The lowest BCUT2D eigenvalue weighted by molar-refractivity contribution is 0.468. The fourth-order valence-corrected chi connectivity index (χ4v) is 3.51. The van der Waals surface area contributed by atoms with Gasteiger partial charge >= 0.3 is 0 Å². The largest absolute Gasteiger partial charge is 0.461 e. The second-order valence-electron chi connectivity index (χ2n) is 7.13. The van der Waals surface area contributed by atoms with Crippen molar-refractivity contribution in [3.8, 4) is 11.6 Å². The van der Waals surface area contributed by atoms with Gasteiger partial charge in [-0.15, -0.1) is 24.0 Å². The van der Waals surface area contributed by atoms with E-state index in [-0.39, 0.29) is 24.0 Å². The van der Waals surface area contributed by atoms with E-state index in [1.54, 1.807) is 13.3 Å². The van der Waals surface area contributed by atoms with Gasteiger partial charge in [0.25, 0.3) is 0 Å². The summed E-state index contributed by atoms with van der Waals surface area (Å²) in [6.45, 7) is 2.69. The molecule has 1 aliphatic rings. The molecular weight excluding hydrogens is 497 g/mol. The third-order valence-corrected chi connectivity index (χ3v) is 4.97. The number of aryl methyl sites for hydroxylation is 1. The van der Waals surface area contributed by atoms with Gasteiger partial charge in [-0.1, -0.05) is 0 Å². The molecule has 0 spiro atoms. The Morgan fingerprint density at radius 3 is 3.07 bits per heavy atom. The van der Waals surface area contributed by atoms with Gasteiger partial charge in [-0.2, -0.15) is 10.2 Å². The fourth-order valence-electron chi connectivity index (χ4n) is 3.51. The molecule has 0 aromatic carbocycles. The fraction of sp³-hybridized carbons (Fsp3) is 0.474. The number of guanidine groups is 1. The minimum absolute atomic E-state index is 0. The molecule has 0 amide bonds. The zero-order valence-corrected chi connectivity index (χ0v) is 19.5. The molecule has 4 heterocycles. The predicted molar refractivity (Wildman–Crippen MR) is 126 cm³/mol. The topological polar surface area (TPSA) is 112 Å². The summed E-state index contributed by atoms with van der Waals surface area (Å²) < 4.78 is 7.16. The van der Waals surface area contributed by atoms with Crippen molar-refractivity contribution in [2.45, 2.75) is 25.3 Å². The van der Waals surface area contributed by atoms with Crippen LogP contribution in [0.5, 0.6) is 0 Å². The minimum Gasteiger partial charge on any atom is -0.461 e. The molecular formula is C19H28IN9O. The van der Waals surface area contributed by atoms with Gasteiger partial charge < -0.3 is 20.0 Å². The molecule has 1 unspecified atom stereocenters. The van der Waals surface area contributed by atoms with Gasteiger partial charge in [0.05, 0.1) is 18.1 Å². The van der Waals surface area contributed by atoms with Gasteiger partial charge in [0, 0.05) is 52.4 Å². The summed E-state index contributed by atoms with van der Waals surface area (Å²) in [6, 6.07) is 4.00. The van der Waals surface area contributed by atoms with Crippen LogP contribution < -0.4 is 15.5 Å². The Kier molecular flexibility index (Phi) is 7.71. The van der Waals surface area contributed by atoms with Crippen molar-refractivity contribution in [2.75, 3.05) is 31.6 Å². The predicted octanol–water partition coefficient (Wildman–Crippen LogP) is 1.79. The zero-order valence-electron chi connectivity index (χ0n) is 17.2. The van der Waals surface area contributed by atoms with Crippen molar-refractivity contribution < 1.29 is 4.42 Å². The van der Waals surface area contributed by atoms with Gasteiger partial charge in [0.2, 0.25) is 5.82 Å². The number of hydrogen-bond acceptors (Lipinski definition) is 6. The van der Waals surface area contributed by atoms with E-state index in [1.165, 1.54) is 5.69 Å². The number of hydrogen-bond donors (Lipinski definition) is 3. The van der Waals surface area contributed by atoms with Gasteiger partial charge in [-0.25, -0.2) is 4.98 Å². The molecule has 10 nitrogen and oxygen atoms in total. The first kappa shape index (κ1) is 22.1. The number of halogens is 1. The van der Waals surface area contributed by atoms with Crippen LogP contribution in [0, 0.1) is 0 Å². The van der Waals surface area contributed by atoms with Crippen LogP contribution in [0.15, 0.2) is 40.2 Å². The number of anilines is 1. The zero-order chi connectivity index (χ0) is 20.1. The van der Waals surface area contributed by atoms with Crippen LogP contribution in [0.1, 0.15) is 18.7 Å². The molecule has 0 radical (unpaired) electrons. The highest BCUT2D eigenvalue weighted by Crippen LogP contribution is 2.19. The van der Waals surface area contributed by atoms with Crippen molar-refractivity contribution in [3.63, 3.8) is 0 Å². The Morgan fingerprint density at radius 1 is 1.43 bits per heavy atom. The summed E-state index contributed by atoms with van der Waals surface area (Å²) in [6.07, 6.45) is 8.56. The second kappa shape index (κ2) is 10.5. The highest BCUT2D eigenvalue weighted by atomic mass is 127. The molecule has 1 saturated heterocycles. The molecule has 11 heteroatoms. The monoisotopic (exact) mass is 525 g/mol. The third kappa shape index (κ3) is 5.52. The van der Waals surface area contributed by atoms with Gasteiger partial charge in [0.1, 0.15) is 5.82 Å². The van der Waals surface area contributed by atoms with E-state index in [4.69, 9.17) is 4.42 Å². The molecule has 162 valence electrons. The number of nitrogens with zero attached hydrogens (tertiary/aromatic N) is 6. The quantitative estimate of drug-likeness (QED) is 0.256.